The van der Waals surface area contributed by atoms with Gasteiger partial charge in [-0.2, -0.15) is 0 Å². The van der Waals surface area contributed by atoms with Crippen molar-refractivity contribution in [1.82, 2.24) is 10.2 Å². The zero-order valence-electron chi connectivity index (χ0n) is 7.76. The predicted octanol–water partition coefficient (Wildman–Crippen LogP) is 0.217. The van der Waals surface area contributed by atoms with E-state index in [0.29, 0.717) is 5.92 Å². The molecule has 0 aromatic heterocycles. The highest BCUT2D eigenvalue weighted by molar-refractivity contribution is 5.85. The number of carbonyl (C=O) groups excluding carboxylic acids is 1. The van der Waals surface area contributed by atoms with E-state index in [1.54, 1.807) is 0 Å². The average Bonchev–Trinajstić information content (AvgIpc) is 2.44. The fraction of sp³-hybridized carbons (Fsp3) is 0.889. The lowest BCUT2D eigenvalue weighted by Crippen LogP contribution is -2.52. The highest BCUT2D eigenvalue weighted by atomic mass is 16.2. The van der Waals surface area contributed by atoms with E-state index in [1.807, 2.05) is 13.8 Å². The Hall–Kier alpha value is -0.570. The number of fused-ring (bicyclic) bond motifs is 2. The smallest absolute Gasteiger partial charge is 0.239 e. The van der Waals surface area contributed by atoms with Crippen molar-refractivity contribution in [2.45, 2.75) is 25.8 Å². The molecule has 0 saturated carbocycles. The maximum Gasteiger partial charge on any atom is 0.239 e. The van der Waals surface area contributed by atoms with Gasteiger partial charge in [0.2, 0.25) is 5.91 Å². The molecule has 0 aromatic rings. The van der Waals surface area contributed by atoms with Crippen LogP contribution in [0.3, 0.4) is 0 Å². The maximum atomic E-state index is 11.6. The predicted molar refractivity (Wildman–Crippen MR) is 46.8 cm³/mol. The van der Waals surface area contributed by atoms with Crippen LogP contribution < -0.4 is 5.32 Å². The normalized spacial score (nSPS) is 39.0. The van der Waals surface area contributed by atoms with Gasteiger partial charge in [0.05, 0.1) is 5.54 Å². The van der Waals surface area contributed by atoms with E-state index >= 15 is 0 Å². The van der Waals surface area contributed by atoms with Crippen LogP contribution in [0.1, 0.15) is 20.3 Å². The Morgan fingerprint density at radius 2 is 2.33 bits per heavy atom. The highest BCUT2D eigenvalue weighted by Crippen LogP contribution is 2.27. The van der Waals surface area contributed by atoms with E-state index in [9.17, 15) is 4.79 Å². The summed E-state index contributed by atoms with van der Waals surface area (Å²) >= 11 is 0. The summed E-state index contributed by atoms with van der Waals surface area (Å²) < 4.78 is 0. The molecule has 1 amide bonds. The number of carbonyl (C=O) groups is 1. The Morgan fingerprint density at radius 3 is 3.08 bits per heavy atom. The lowest BCUT2D eigenvalue weighted by atomic mass is 10.0. The molecule has 2 unspecified atom stereocenters. The number of nitrogens with zero attached hydrogens (tertiary/aromatic N) is 1. The van der Waals surface area contributed by atoms with Crippen molar-refractivity contribution in [1.29, 1.82) is 0 Å². The minimum Gasteiger partial charge on any atom is -0.354 e. The van der Waals surface area contributed by atoms with Crippen molar-refractivity contribution < 1.29 is 4.79 Å². The summed E-state index contributed by atoms with van der Waals surface area (Å²) in [6.45, 7) is 7.07. The van der Waals surface area contributed by atoms with Gasteiger partial charge in [0.15, 0.2) is 0 Å². The van der Waals surface area contributed by atoms with Crippen LogP contribution in [0.4, 0.5) is 0 Å². The molecule has 3 nitrogen and oxygen atoms in total. The van der Waals surface area contributed by atoms with Crippen molar-refractivity contribution in [3.8, 4) is 0 Å². The molecule has 2 aliphatic heterocycles. The molecule has 0 spiro atoms. The molecular formula is C9H16N2O. The fourth-order valence-corrected chi connectivity index (χ4v) is 2.10. The van der Waals surface area contributed by atoms with Gasteiger partial charge in [-0.15, -0.1) is 0 Å². The molecule has 12 heavy (non-hydrogen) atoms. The third kappa shape index (κ3) is 1.04. The average molecular weight is 168 g/mol. The maximum absolute atomic E-state index is 11.6. The van der Waals surface area contributed by atoms with Crippen molar-refractivity contribution >= 4 is 5.91 Å². The van der Waals surface area contributed by atoms with Crippen LogP contribution in [0, 0.1) is 5.92 Å². The molecule has 2 rings (SSSR count). The third-order valence-electron chi connectivity index (χ3n) is 3.18. The second-order valence-electron chi connectivity index (χ2n) is 4.37. The van der Waals surface area contributed by atoms with E-state index in [4.69, 9.17) is 0 Å². The molecule has 3 heteroatoms. The first-order chi connectivity index (χ1) is 5.60. The van der Waals surface area contributed by atoms with Gasteiger partial charge in [-0.05, 0) is 32.7 Å². The summed E-state index contributed by atoms with van der Waals surface area (Å²) in [6.07, 6.45) is 1.24. The Balaban J connectivity index is 2.24. The molecule has 2 atom stereocenters. The van der Waals surface area contributed by atoms with E-state index in [0.717, 1.165) is 19.6 Å². The molecule has 68 valence electrons. The second kappa shape index (κ2) is 2.46. The molecule has 2 bridgehead atoms. The van der Waals surface area contributed by atoms with Gasteiger partial charge in [-0.3, -0.25) is 9.69 Å². The standard InChI is InChI=1S/C9H16N2O/c1-9(2)8(12)10-5-7-3-4-11(9)6-7/h7H,3-6H2,1-2H3,(H,10,12). The first-order valence-corrected chi connectivity index (χ1v) is 4.64. The zero-order valence-corrected chi connectivity index (χ0v) is 7.76. The summed E-state index contributed by atoms with van der Waals surface area (Å²) in [4.78, 5) is 13.9. The lowest BCUT2D eigenvalue weighted by molar-refractivity contribution is -0.130. The van der Waals surface area contributed by atoms with E-state index in [2.05, 4.69) is 10.2 Å². The first kappa shape index (κ1) is 8.05. The summed E-state index contributed by atoms with van der Waals surface area (Å²) in [5, 5.41) is 2.99. The van der Waals surface area contributed by atoms with Crippen molar-refractivity contribution in [3.05, 3.63) is 0 Å². The van der Waals surface area contributed by atoms with Gasteiger partial charge < -0.3 is 5.32 Å². The molecule has 0 aliphatic carbocycles. The topological polar surface area (TPSA) is 32.3 Å². The molecule has 0 radical (unpaired) electrons. The number of amides is 1. The van der Waals surface area contributed by atoms with Crippen LogP contribution in [0.15, 0.2) is 0 Å². The Morgan fingerprint density at radius 1 is 1.58 bits per heavy atom. The molecule has 2 saturated heterocycles. The van der Waals surface area contributed by atoms with E-state index < -0.39 is 0 Å². The Labute approximate surface area is 73.1 Å². The lowest BCUT2D eigenvalue weighted by Gasteiger charge is -2.32. The number of hydrogen-bond donors (Lipinski definition) is 1. The third-order valence-corrected chi connectivity index (χ3v) is 3.18. The van der Waals surface area contributed by atoms with Crippen LogP contribution in [-0.4, -0.2) is 36.0 Å². The zero-order chi connectivity index (χ0) is 8.77. The number of nitrogens with one attached hydrogen (secondary N) is 1. The monoisotopic (exact) mass is 168 g/mol. The van der Waals surface area contributed by atoms with Crippen LogP contribution in [0.5, 0.6) is 0 Å². The van der Waals surface area contributed by atoms with Crippen LogP contribution >= 0.6 is 0 Å². The van der Waals surface area contributed by atoms with Crippen LogP contribution in [-0.2, 0) is 4.79 Å². The summed E-state index contributed by atoms with van der Waals surface area (Å²) in [6, 6.07) is 0. The molecule has 0 aromatic carbocycles. The molecule has 1 N–H and O–H groups in total. The summed E-state index contributed by atoms with van der Waals surface area (Å²) in [5.74, 6) is 0.875. The molecule has 2 aliphatic rings. The van der Waals surface area contributed by atoms with Crippen LogP contribution in [0.25, 0.3) is 0 Å². The van der Waals surface area contributed by atoms with Crippen molar-refractivity contribution in [2.24, 2.45) is 5.92 Å². The van der Waals surface area contributed by atoms with Gasteiger partial charge in [0.1, 0.15) is 0 Å². The Kier molecular flexibility index (Phi) is 1.65. The van der Waals surface area contributed by atoms with Gasteiger partial charge in [-0.1, -0.05) is 0 Å². The largest absolute Gasteiger partial charge is 0.354 e. The van der Waals surface area contributed by atoms with Gasteiger partial charge in [-0.25, -0.2) is 0 Å². The second-order valence-corrected chi connectivity index (χ2v) is 4.37. The van der Waals surface area contributed by atoms with E-state index in [-0.39, 0.29) is 11.4 Å². The quantitative estimate of drug-likeness (QED) is 0.561. The van der Waals surface area contributed by atoms with Gasteiger partial charge in [0.25, 0.3) is 0 Å². The highest BCUT2D eigenvalue weighted by Gasteiger charge is 2.41. The number of rotatable bonds is 0. The molecular weight excluding hydrogens is 152 g/mol. The fourth-order valence-electron chi connectivity index (χ4n) is 2.10. The summed E-state index contributed by atoms with van der Waals surface area (Å²) in [7, 11) is 0. The first-order valence-electron chi connectivity index (χ1n) is 4.64. The van der Waals surface area contributed by atoms with Crippen molar-refractivity contribution in [2.75, 3.05) is 19.6 Å². The minimum absolute atomic E-state index is 0.185. The minimum atomic E-state index is -0.286. The Bertz CT molecular complexity index is 213. The van der Waals surface area contributed by atoms with E-state index in [1.165, 1.54) is 6.42 Å². The molecule has 2 heterocycles. The summed E-state index contributed by atoms with van der Waals surface area (Å²) in [5.41, 5.74) is -0.286. The van der Waals surface area contributed by atoms with Crippen molar-refractivity contribution in [3.63, 3.8) is 0 Å². The molecule has 2 fully saturated rings. The SMILES string of the molecule is CC1(C)C(=O)NCC2CCN1C2. The van der Waals surface area contributed by atoms with Crippen LogP contribution in [0.2, 0.25) is 0 Å². The van der Waals surface area contributed by atoms with Gasteiger partial charge in [0, 0.05) is 13.1 Å². The van der Waals surface area contributed by atoms with Gasteiger partial charge >= 0.3 is 0 Å². The number of hydrogen-bond acceptors (Lipinski definition) is 2.